The summed E-state index contributed by atoms with van der Waals surface area (Å²) in [4.78, 5) is 30.0. The van der Waals surface area contributed by atoms with Gasteiger partial charge < -0.3 is 9.88 Å². The lowest BCUT2D eigenvalue weighted by atomic mass is 10.2. The van der Waals surface area contributed by atoms with Crippen LogP contribution in [0.25, 0.3) is 21.8 Å². The summed E-state index contributed by atoms with van der Waals surface area (Å²) in [6.45, 7) is 0.658. The molecule has 5 aromatic rings. The van der Waals surface area contributed by atoms with E-state index < -0.39 is 0 Å². The highest BCUT2D eigenvalue weighted by molar-refractivity contribution is 6.30. The van der Waals surface area contributed by atoms with E-state index in [2.05, 4.69) is 15.4 Å². The number of halogens is 1. The molecule has 2 aromatic carbocycles. The fourth-order valence-corrected chi connectivity index (χ4v) is 4.06. The average molecular weight is 458 g/mol. The molecule has 8 heteroatoms. The molecule has 1 N–H and O–H groups in total. The number of amides is 1. The molecule has 0 atom stereocenters. The number of nitrogens with zero attached hydrogens (tertiary/aromatic N) is 4. The molecule has 0 spiro atoms. The molecule has 0 radical (unpaired) electrons. The number of rotatable bonds is 6. The Morgan fingerprint density at radius 1 is 0.939 bits per heavy atom. The van der Waals surface area contributed by atoms with Crippen LogP contribution in [0, 0.1) is 0 Å². The first-order valence-electron chi connectivity index (χ1n) is 10.5. The van der Waals surface area contributed by atoms with E-state index in [0.717, 1.165) is 27.4 Å². The minimum atomic E-state index is -0.311. The summed E-state index contributed by atoms with van der Waals surface area (Å²) in [7, 11) is 0. The Labute approximate surface area is 194 Å². The van der Waals surface area contributed by atoms with Gasteiger partial charge in [-0.15, -0.1) is 0 Å². The van der Waals surface area contributed by atoms with Crippen LogP contribution in [0.2, 0.25) is 5.02 Å². The third kappa shape index (κ3) is 4.23. The molecule has 164 valence electrons. The molecular formula is C25H20ClN5O2. The number of carbonyl (C=O) groups excluding carboxylic acids is 1. The van der Waals surface area contributed by atoms with Crippen LogP contribution in [0.4, 0.5) is 0 Å². The van der Waals surface area contributed by atoms with Crippen molar-refractivity contribution < 1.29 is 4.79 Å². The lowest BCUT2D eigenvalue weighted by Gasteiger charge is -2.10. The number of para-hydroxylation sites is 1. The van der Waals surface area contributed by atoms with Gasteiger partial charge in [0.25, 0.3) is 5.56 Å². The largest absolute Gasteiger partial charge is 0.350 e. The van der Waals surface area contributed by atoms with E-state index in [-0.39, 0.29) is 18.0 Å². The van der Waals surface area contributed by atoms with E-state index in [1.807, 2.05) is 59.2 Å². The van der Waals surface area contributed by atoms with E-state index in [1.165, 1.54) is 4.68 Å². The third-order valence-electron chi connectivity index (χ3n) is 5.53. The topological polar surface area (TPSA) is 81.8 Å². The van der Waals surface area contributed by atoms with Crippen LogP contribution < -0.4 is 10.9 Å². The van der Waals surface area contributed by atoms with Crippen LogP contribution in [-0.4, -0.2) is 25.2 Å². The van der Waals surface area contributed by atoms with Crippen LogP contribution in [0.1, 0.15) is 11.1 Å². The van der Waals surface area contributed by atoms with Gasteiger partial charge in [0.15, 0.2) is 0 Å². The minimum Gasteiger partial charge on any atom is -0.350 e. The lowest BCUT2D eigenvalue weighted by molar-refractivity contribution is -0.122. The lowest BCUT2D eigenvalue weighted by Crippen LogP contribution is -2.33. The molecular weight excluding hydrogens is 438 g/mol. The Morgan fingerprint density at radius 2 is 1.76 bits per heavy atom. The van der Waals surface area contributed by atoms with E-state index in [1.54, 1.807) is 24.7 Å². The second-order valence-electron chi connectivity index (χ2n) is 7.74. The van der Waals surface area contributed by atoms with Crippen molar-refractivity contribution in [1.82, 2.24) is 24.6 Å². The molecule has 0 aliphatic rings. The van der Waals surface area contributed by atoms with E-state index in [9.17, 15) is 9.59 Å². The number of nitrogens with one attached hydrogen (secondary N) is 1. The predicted molar refractivity (Wildman–Crippen MR) is 128 cm³/mol. The summed E-state index contributed by atoms with van der Waals surface area (Å²) >= 11 is 6.03. The molecule has 3 heterocycles. The summed E-state index contributed by atoms with van der Waals surface area (Å²) < 4.78 is 3.18. The SMILES string of the molecule is O=C(Cn1ncc2c3ccccc3n(Cc3ccc(Cl)cc3)c2c1=O)NCc1cccnc1. The summed E-state index contributed by atoms with van der Waals surface area (Å²) in [6.07, 6.45) is 5.02. The Bertz CT molecular complexity index is 1510. The molecule has 0 bridgehead atoms. The summed E-state index contributed by atoms with van der Waals surface area (Å²) in [5, 5.41) is 9.46. The number of hydrogen-bond acceptors (Lipinski definition) is 4. The van der Waals surface area contributed by atoms with Gasteiger partial charge in [-0.25, -0.2) is 4.68 Å². The van der Waals surface area contributed by atoms with Crippen molar-refractivity contribution >= 4 is 39.3 Å². The smallest absolute Gasteiger partial charge is 0.291 e. The normalized spacial score (nSPS) is 11.2. The van der Waals surface area contributed by atoms with Crippen molar-refractivity contribution in [2.24, 2.45) is 0 Å². The minimum absolute atomic E-state index is 0.169. The highest BCUT2D eigenvalue weighted by atomic mass is 35.5. The third-order valence-corrected chi connectivity index (χ3v) is 5.79. The fourth-order valence-electron chi connectivity index (χ4n) is 3.94. The van der Waals surface area contributed by atoms with E-state index in [0.29, 0.717) is 23.6 Å². The number of hydrogen-bond donors (Lipinski definition) is 1. The zero-order chi connectivity index (χ0) is 22.8. The number of carbonyl (C=O) groups is 1. The molecule has 0 unspecified atom stereocenters. The predicted octanol–water partition coefficient (Wildman–Crippen LogP) is 3.76. The second kappa shape index (κ2) is 8.88. The molecule has 0 aliphatic heterocycles. The van der Waals surface area contributed by atoms with Gasteiger partial charge in [-0.3, -0.25) is 14.6 Å². The van der Waals surface area contributed by atoms with Crippen LogP contribution in [-0.2, 0) is 24.4 Å². The average Bonchev–Trinajstić information content (AvgIpc) is 3.16. The van der Waals surface area contributed by atoms with Gasteiger partial charge in [-0.2, -0.15) is 5.10 Å². The maximum Gasteiger partial charge on any atom is 0.291 e. The highest BCUT2D eigenvalue weighted by Gasteiger charge is 2.17. The van der Waals surface area contributed by atoms with Crippen molar-refractivity contribution in [3.8, 4) is 0 Å². The first kappa shape index (κ1) is 20.9. The number of fused-ring (bicyclic) bond motifs is 3. The Kier molecular flexibility index (Phi) is 5.62. The quantitative estimate of drug-likeness (QED) is 0.421. The fraction of sp³-hybridized carbons (Fsp3) is 0.120. The maximum absolute atomic E-state index is 13.4. The summed E-state index contributed by atoms with van der Waals surface area (Å²) in [5.74, 6) is -0.298. The Hall–Kier alpha value is -3.97. The molecule has 5 rings (SSSR count). The highest BCUT2D eigenvalue weighted by Crippen LogP contribution is 2.27. The van der Waals surface area contributed by atoms with Crippen molar-refractivity contribution in [2.45, 2.75) is 19.6 Å². The Morgan fingerprint density at radius 3 is 2.55 bits per heavy atom. The zero-order valence-electron chi connectivity index (χ0n) is 17.6. The van der Waals surface area contributed by atoms with E-state index >= 15 is 0 Å². The molecule has 0 aliphatic carbocycles. The maximum atomic E-state index is 13.4. The molecule has 1 amide bonds. The van der Waals surface area contributed by atoms with Crippen LogP contribution >= 0.6 is 11.6 Å². The van der Waals surface area contributed by atoms with Gasteiger partial charge in [0.2, 0.25) is 5.91 Å². The van der Waals surface area contributed by atoms with Crippen molar-refractivity contribution in [1.29, 1.82) is 0 Å². The molecule has 3 aromatic heterocycles. The first-order valence-corrected chi connectivity index (χ1v) is 10.8. The summed E-state index contributed by atoms with van der Waals surface area (Å²) in [6, 6.07) is 19.1. The van der Waals surface area contributed by atoms with Gasteiger partial charge in [-0.05, 0) is 35.4 Å². The van der Waals surface area contributed by atoms with Gasteiger partial charge in [0, 0.05) is 46.8 Å². The number of benzene rings is 2. The molecule has 0 saturated heterocycles. The zero-order valence-corrected chi connectivity index (χ0v) is 18.4. The van der Waals surface area contributed by atoms with Gasteiger partial charge in [0.1, 0.15) is 12.1 Å². The molecule has 7 nitrogen and oxygen atoms in total. The van der Waals surface area contributed by atoms with Crippen LogP contribution in [0.5, 0.6) is 0 Å². The first-order chi connectivity index (χ1) is 16.1. The number of pyridine rings is 1. The van der Waals surface area contributed by atoms with Crippen LogP contribution in [0.15, 0.2) is 84.0 Å². The van der Waals surface area contributed by atoms with Crippen LogP contribution in [0.3, 0.4) is 0 Å². The number of aromatic nitrogens is 4. The van der Waals surface area contributed by atoms with Gasteiger partial charge in [0.05, 0.1) is 6.20 Å². The molecule has 0 saturated carbocycles. The molecule has 33 heavy (non-hydrogen) atoms. The molecule has 0 fully saturated rings. The van der Waals surface area contributed by atoms with Crippen molar-refractivity contribution in [2.75, 3.05) is 0 Å². The van der Waals surface area contributed by atoms with Gasteiger partial charge in [-0.1, -0.05) is 48.0 Å². The standard InChI is InChI=1S/C25H20ClN5O2/c26-19-9-7-17(8-10-19)15-30-22-6-2-1-5-20(22)21-14-29-31(25(33)24(21)30)16-23(32)28-13-18-4-3-11-27-12-18/h1-12,14H,13,15-16H2,(H,28,32). The van der Waals surface area contributed by atoms with Gasteiger partial charge >= 0.3 is 0 Å². The van der Waals surface area contributed by atoms with Crippen molar-refractivity contribution in [3.63, 3.8) is 0 Å². The van der Waals surface area contributed by atoms with E-state index in [4.69, 9.17) is 11.6 Å². The summed E-state index contributed by atoms with van der Waals surface area (Å²) in [5.41, 5.74) is 3.03. The monoisotopic (exact) mass is 457 g/mol. The van der Waals surface area contributed by atoms with Crippen molar-refractivity contribution in [3.05, 3.63) is 106 Å². The second-order valence-corrected chi connectivity index (χ2v) is 8.17. The Balaban J connectivity index is 1.51.